The van der Waals surface area contributed by atoms with Crippen LogP contribution in [-0.4, -0.2) is 21.6 Å². The molecule has 0 aromatic carbocycles. The highest BCUT2D eigenvalue weighted by Gasteiger charge is 2.03. The van der Waals surface area contributed by atoms with Crippen LogP contribution in [0.25, 0.3) is 12.3 Å². The maximum Gasteiger partial charge on any atom is 0.114 e. The van der Waals surface area contributed by atoms with Gasteiger partial charge in [0.1, 0.15) is 10.7 Å². The number of hydrogen-bond donors (Lipinski definition) is 1. The Morgan fingerprint density at radius 1 is 1.40 bits per heavy atom. The van der Waals surface area contributed by atoms with Crippen LogP contribution in [0.3, 0.4) is 0 Å². The van der Waals surface area contributed by atoms with Gasteiger partial charge in [-0.05, 0) is 11.5 Å². The molecule has 15 heavy (non-hydrogen) atoms. The molecule has 0 bridgehead atoms. The van der Waals surface area contributed by atoms with Crippen LogP contribution >= 0.6 is 0 Å². The molecule has 0 spiro atoms. The lowest BCUT2D eigenvalue weighted by Gasteiger charge is -2.08. The molecular weight excluding hydrogens is 188 g/mol. The molecule has 0 aliphatic heterocycles. The summed E-state index contributed by atoms with van der Waals surface area (Å²) in [5.74, 6) is 0. The zero-order valence-corrected chi connectivity index (χ0v) is 9.36. The number of nitrogens with one attached hydrogen (secondary N) is 1. The Hall–Kier alpha value is -1.71. The average molecular weight is 204 g/mol. The molecule has 80 valence electrons. The van der Waals surface area contributed by atoms with Gasteiger partial charge in [-0.2, -0.15) is 0 Å². The zero-order valence-electron chi connectivity index (χ0n) is 9.36. The summed E-state index contributed by atoms with van der Waals surface area (Å²) in [7, 11) is 0. The van der Waals surface area contributed by atoms with Gasteiger partial charge >= 0.3 is 0 Å². The first kappa shape index (κ1) is 11.4. The Balaban J connectivity index is 3.02. The first-order chi connectivity index (χ1) is 7.03. The third-order valence-corrected chi connectivity index (χ3v) is 1.55. The van der Waals surface area contributed by atoms with Gasteiger partial charge in [0.25, 0.3) is 0 Å². The molecule has 0 saturated heterocycles. The average Bonchev–Trinajstić information content (AvgIpc) is 2.51. The van der Waals surface area contributed by atoms with Crippen molar-refractivity contribution in [2.75, 3.05) is 0 Å². The molecule has 0 amide bonds. The summed E-state index contributed by atoms with van der Waals surface area (Å²) in [6, 6.07) is 0. The Bertz CT molecular complexity index is 460. The van der Waals surface area contributed by atoms with Crippen molar-refractivity contribution in [2.45, 2.75) is 20.8 Å². The summed E-state index contributed by atoms with van der Waals surface area (Å²) in [4.78, 5) is 4.21. The fourth-order valence-electron chi connectivity index (χ4n) is 0.909. The fourth-order valence-corrected chi connectivity index (χ4v) is 0.909. The van der Waals surface area contributed by atoms with Crippen molar-refractivity contribution in [1.82, 2.24) is 15.4 Å². The second-order valence-electron chi connectivity index (χ2n) is 4.29. The molecule has 0 aliphatic rings. The van der Waals surface area contributed by atoms with Crippen molar-refractivity contribution in [2.24, 2.45) is 10.4 Å². The van der Waals surface area contributed by atoms with Gasteiger partial charge in [0.05, 0.1) is 6.20 Å². The van der Waals surface area contributed by atoms with Crippen molar-refractivity contribution in [3.8, 4) is 0 Å². The molecule has 0 aliphatic carbocycles. The highest BCUT2D eigenvalue weighted by atomic mass is 15.3. The standard InChI is InChI=1S/C11H16N4/c1-5-6-9-10(14-15-13-9)7-12-8-11(2,3)4/h5-8H,1H2,2-4H3,(H,13,14)/b9-6+,10-7+,12-8?. The molecule has 1 aromatic rings. The second kappa shape index (κ2) is 4.68. The van der Waals surface area contributed by atoms with E-state index in [0.29, 0.717) is 0 Å². The maximum atomic E-state index is 4.21. The maximum absolute atomic E-state index is 4.21. The monoisotopic (exact) mass is 204 g/mol. The topological polar surface area (TPSA) is 53.9 Å². The van der Waals surface area contributed by atoms with Gasteiger partial charge in [0.2, 0.25) is 0 Å². The predicted molar refractivity (Wildman–Crippen MR) is 62.7 cm³/mol. The Labute approximate surface area is 89.1 Å². The lowest BCUT2D eigenvalue weighted by atomic mass is 9.99. The van der Waals surface area contributed by atoms with E-state index in [1.54, 1.807) is 18.4 Å². The van der Waals surface area contributed by atoms with Gasteiger partial charge in [0, 0.05) is 6.21 Å². The van der Waals surface area contributed by atoms with Crippen LogP contribution in [0, 0.1) is 5.41 Å². The van der Waals surface area contributed by atoms with Crippen molar-refractivity contribution >= 4 is 18.5 Å². The van der Waals surface area contributed by atoms with E-state index in [4.69, 9.17) is 0 Å². The summed E-state index contributed by atoms with van der Waals surface area (Å²) in [6.45, 7) is 9.88. The van der Waals surface area contributed by atoms with Gasteiger partial charge in [-0.3, -0.25) is 10.1 Å². The first-order valence-corrected chi connectivity index (χ1v) is 4.77. The molecular formula is C11H16N4. The fraction of sp³-hybridized carbons (Fsp3) is 0.364. The van der Waals surface area contributed by atoms with E-state index < -0.39 is 0 Å². The van der Waals surface area contributed by atoms with Crippen molar-refractivity contribution < 1.29 is 0 Å². The Kier molecular flexibility index (Phi) is 3.55. The lowest BCUT2D eigenvalue weighted by molar-refractivity contribution is 0.607. The number of allylic oxidation sites excluding steroid dienone is 1. The normalized spacial score (nSPS) is 15.1. The number of aliphatic imine (C=N–C) groups is 1. The summed E-state index contributed by atoms with van der Waals surface area (Å²) in [5, 5.41) is 11.9. The van der Waals surface area contributed by atoms with Crippen molar-refractivity contribution in [1.29, 1.82) is 0 Å². The van der Waals surface area contributed by atoms with Crippen LogP contribution in [0.4, 0.5) is 0 Å². The van der Waals surface area contributed by atoms with Gasteiger partial charge in [-0.25, -0.2) is 0 Å². The van der Waals surface area contributed by atoms with E-state index in [-0.39, 0.29) is 5.41 Å². The quantitative estimate of drug-likeness (QED) is 0.718. The molecule has 0 saturated carbocycles. The van der Waals surface area contributed by atoms with Gasteiger partial charge < -0.3 is 0 Å². The van der Waals surface area contributed by atoms with Gasteiger partial charge in [0.15, 0.2) is 0 Å². The minimum absolute atomic E-state index is 0.0757. The second-order valence-corrected chi connectivity index (χ2v) is 4.29. The molecule has 1 N–H and O–H groups in total. The molecule has 4 nitrogen and oxygen atoms in total. The molecule has 1 rings (SSSR count). The van der Waals surface area contributed by atoms with Crippen LogP contribution in [-0.2, 0) is 0 Å². The Morgan fingerprint density at radius 3 is 2.73 bits per heavy atom. The van der Waals surface area contributed by atoms with Crippen LogP contribution < -0.4 is 10.7 Å². The van der Waals surface area contributed by atoms with E-state index in [9.17, 15) is 0 Å². The lowest BCUT2D eigenvalue weighted by Crippen LogP contribution is -2.23. The van der Waals surface area contributed by atoms with E-state index >= 15 is 0 Å². The highest BCUT2D eigenvalue weighted by Crippen LogP contribution is 2.07. The van der Waals surface area contributed by atoms with E-state index in [2.05, 4.69) is 47.8 Å². The molecule has 1 heterocycles. The largest absolute Gasteiger partial charge is 0.266 e. The minimum Gasteiger partial charge on any atom is -0.266 e. The summed E-state index contributed by atoms with van der Waals surface area (Å²) < 4.78 is 0. The highest BCUT2D eigenvalue weighted by molar-refractivity contribution is 5.66. The number of rotatable bonds is 2. The SMILES string of the molecule is C=C/C=c1/nn[nH]/c1=C/N=CC(C)(C)C. The molecule has 4 heteroatoms. The smallest absolute Gasteiger partial charge is 0.114 e. The summed E-state index contributed by atoms with van der Waals surface area (Å²) >= 11 is 0. The summed E-state index contributed by atoms with van der Waals surface area (Å²) in [6.07, 6.45) is 7.04. The molecule has 0 radical (unpaired) electrons. The van der Waals surface area contributed by atoms with Crippen LogP contribution in [0.15, 0.2) is 17.6 Å². The van der Waals surface area contributed by atoms with Crippen LogP contribution in [0.2, 0.25) is 0 Å². The Morgan fingerprint density at radius 2 is 2.13 bits per heavy atom. The summed E-state index contributed by atoms with van der Waals surface area (Å²) in [5.41, 5.74) is 0.0757. The van der Waals surface area contributed by atoms with Gasteiger partial charge in [-0.15, -0.1) is 5.10 Å². The predicted octanol–water partition coefficient (Wildman–Crippen LogP) is 0.626. The van der Waals surface area contributed by atoms with Crippen molar-refractivity contribution in [3.05, 3.63) is 23.4 Å². The van der Waals surface area contributed by atoms with E-state index in [1.807, 2.05) is 6.21 Å². The molecule has 0 atom stereocenters. The third-order valence-electron chi connectivity index (χ3n) is 1.55. The minimum atomic E-state index is 0.0757. The van der Waals surface area contributed by atoms with Crippen molar-refractivity contribution in [3.63, 3.8) is 0 Å². The zero-order chi connectivity index (χ0) is 11.3. The number of hydrogen-bond acceptors (Lipinski definition) is 3. The van der Waals surface area contributed by atoms with Crippen LogP contribution in [0.5, 0.6) is 0 Å². The van der Waals surface area contributed by atoms with E-state index in [0.717, 1.165) is 10.7 Å². The number of aromatic amines is 1. The number of aromatic nitrogens is 3. The first-order valence-electron chi connectivity index (χ1n) is 4.77. The number of nitrogens with zero attached hydrogens (tertiary/aromatic N) is 3. The van der Waals surface area contributed by atoms with Gasteiger partial charge in [-0.1, -0.05) is 38.6 Å². The molecule has 0 unspecified atom stereocenters. The number of H-pyrrole nitrogens is 1. The third kappa shape index (κ3) is 3.89. The molecule has 1 aromatic heterocycles. The molecule has 0 fully saturated rings. The van der Waals surface area contributed by atoms with Crippen LogP contribution in [0.1, 0.15) is 20.8 Å². The van der Waals surface area contributed by atoms with E-state index in [1.165, 1.54) is 0 Å².